The number of benzene rings is 1. The summed E-state index contributed by atoms with van der Waals surface area (Å²) in [4.78, 5) is 10.2. The molecule has 2 nitrogen and oxygen atoms in total. The summed E-state index contributed by atoms with van der Waals surface area (Å²) >= 11 is 6.14. The number of carboxylic acids is 1. The molecule has 0 radical (unpaired) electrons. The number of carboxylic acid groups (broad SMARTS) is 1. The van der Waals surface area contributed by atoms with Crippen LogP contribution in [0.4, 0.5) is 4.39 Å². The molecule has 0 fully saturated rings. The van der Waals surface area contributed by atoms with Crippen molar-refractivity contribution in [2.75, 3.05) is 0 Å². The van der Waals surface area contributed by atoms with E-state index in [1.54, 1.807) is 0 Å². The van der Waals surface area contributed by atoms with E-state index in [1.807, 2.05) is 0 Å². The van der Waals surface area contributed by atoms with Crippen LogP contribution >= 0.6 is 31.9 Å². The third-order valence-corrected chi connectivity index (χ3v) is 2.74. The molecule has 0 heterocycles. The normalized spacial score (nSPS) is 10.8. The first-order chi connectivity index (χ1) is 6.50. The summed E-state index contributed by atoms with van der Waals surface area (Å²) in [6.45, 7) is 0. The Bertz CT molecular complexity index is 402. The highest BCUT2D eigenvalue weighted by molar-refractivity contribution is 9.11. The lowest BCUT2D eigenvalue weighted by Crippen LogP contribution is -1.87. The van der Waals surface area contributed by atoms with Gasteiger partial charge in [-0.1, -0.05) is 15.9 Å². The highest BCUT2D eigenvalue weighted by Crippen LogP contribution is 2.25. The molecule has 0 spiro atoms. The van der Waals surface area contributed by atoms with Crippen molar-refractivity contribution in [1.29, 1.82) is 0 Å². The Kier molecular flexibility index (Phi) is 3.83. The van der Waals surface area contributed by atoms with Gasteiger partial charge in [0, 0.05) is 10.5 Å². The summed E-state index contributed by atoms with van der Waals surface area (Å²) < 4.78 is 13.7. The maximum absolute atomic E-state index is 12.9. The van der Waals surface area contributed by atoms with E-state index in [1.165, 1.54) is 18.2 Å². The Morgan fingerprint density at radius 3 is 2.57 bits per heavy atom. The molecule has 1 aromatic carbocycles. The van der Waals surface area contributed by atoms with Gasteiger partial charge in [-0.15, -0.1) is 0 Å². The molecule has 0 atom stereocenters. The molecule has 0 saturated heterocycles. The van der Waals surface area contributed by atoms with Crippen LogP contribution in [-0.2, 0) is 4.79 Å². The van der Waals surface area contributed by atoms with Crippen molar-refractivity contribution in [3.63, 3.8) is 0 Å². The number of halogens is 3. The Balaban J connectivity index is 3.10. The average Bonchev–Trinajstić information content (AvgIpc) is 2.09. The van der Waals surface area contributed by atoms with E-state index in [2.05, 4.69) is 31.9 Å². The second-order valence-electron chi connectivity index (χ2n) is 2.46. The molecule has 5 heteroatoms. The van der Waals surface area contributed by atoms with Crippen LogP contribution < -0.4 is 0 Å². The second-order valence-corrected chi connectivity index (χ2v) is 4.17. The van der Waals surface area contributed by atoms with E-state index in [0.29, 0.717) is 14.5 Å². The van der Waals surface area contributed by atoms with Crippen LogP contribution in [-0.4, -0.2) is 11.1 Å². The number of rotatable bonds is 2. The summed E-state index contributed by atoms with van der Waals surface area (Å²) in [6, 6.07) is 2.77. The third-order valence-electron chi connectivity index (χ3n) is 1.45. The summed E-state index contributed by atoms with van der Waals surface area (Å²) in [5.74, 6) is -1.44. The molecule has 0 saturated carbocycles. The first-order valence-electron chi connectivity index (χ1n) is 3.56. The molecule has 1 rings (SSSR count). The van der Waals surface area contributed by atoms with Crippen molar-refractivity contribution < 1.29 is 14.3 Å². The molecule has 0 aromatic heterocycles. The highest BCUT2D eigenvalue weighted by atomic mass is 79.9. The van der Waals surface area contributed by atoms with Gasteiger partial charge in [-0.3, -0.25) is 0 Å². The quantitative estimate of drug-likeness (QED) is 0.668. The summed E-state index contributed by atoms with van der Waals surface area (Å²) in [7, 11) is 0. The van der Waals surface area contributed by atoms with Gasteiger partial charge < -0.3 is 5.11 Å². The molecule has 0 aliphatic carbocycles. The molecule has 1 N–H and O–H groups in total. The number of aliphatic carboxylic acids is 1. The molecular formula is C9H5Br2FO2. The minimum absolute atomic E-state index is 0.297. The first-order valence-corrected chi connectivity index (χ1v) is 5.15. The van der Waals surface area contributed by atoms with Gasteiger partial charge in [0.2, 0.25) is 0 Å². The van der Waals surface area contributed by atoms with Gasteiger partial charge >= 0.3 is 5.97 Å². The zero-order chi connectivity index (χ0) is 10.7. The SMILES string of the molecule is O=C(O)/C=C/c1cc(Br)c(F)cc1Br. The van der Waals surface area contributed by atoms with E-state index in [9.17, 15) is 9.18 Å². The highest BCUT2D eigenvalue weighted by Gasteiger charge is 2.04. The van der Waals surface area contributed by atoms with Crippen molar-refractivity contribution in [2.45, 2.75) is 0 Å². The molecule has 0 bridgehead atoms. The number of carbonyl (C=O) groups is 1. The molecule has 0 aliphatic rings. The first kappa shape index (κ1) is 11.4. The van der Waals surface area contributed by atoms with E-state index in [0.717, 1.165) is 6.08 Å². The third kappa shape index (κ3) is 2.92. The van der Waals surface area contributed by atoms with Gasteiger partial charge in [-0.2, -0.15) is 0 Å². The summed E-state index contributed by atoms with van der Waals surface area (Å²) in [6.07, 6.45) is 2.38. The smallest absolute Gasteiger partial charge is 0.328 e. The van der Waals surface area contributed by atoms with Crippen LogP contribution in [0.5, 0.6) is 0 Å². The van der Waals surface area contributed by atoms with Crippen LogP contribution in [0, 0.1) is 5.82 Å². The van der Waals surface area contributed by atoms with Gasteiger partial charge in [-0.25, -0.2) is 9.18 Å². The Hall–Kier alpha value is -0.680. The predicted octanol–water partition coefficient (Wildman–Crippen LogP) is 3.45. The fourth-order valence-corrected chi connectivity index (χ4v) is 1.64. The second kappa shape index (κ2) is 4.70. The topological polar surface area (TPSA) is 37.3 Å². The maximum Gasteiger partial charge on any atom is 0.328 e. The Labute approximate surface area is 96.7 Å². The van der Waals surface area contributed by atoms with Crippen LogP contribution in [0.25, 0.3) is 6.08 Å². The molecule has 0 unspecified atom stereocenters. The Morgan fingerprint density at radius 2 is 2.00 bits per heavy atom. The van der Waals surface area contributed by atoms with Crippen LogP contribution in [0.15, 0.2) is 27.2 Å². The summed E-state index contributed by atoms with van der Waals surface area (Å²) in [5, 5.41) is 8.40. The molecular weight excluding hydrogens is 319 g/mol. The minimum atomic E-state index is -1.04. The van der Waals surface area contributed by atoms with Gasteiger partial charge in [0.05, 0.1) is 4.47 Å². The number of hydrogen-bond acceptors (Lipinski definition) is 1. The molecule has 1 aromatic rings. The zero-order valence-corrected chi connectivity index (χ0v) is 9.97. The van der Waals surface area contributed by atoms with E-state index in [-0.39, 0.29) is 0 Å². The average molecular weight is 324 g/mol. The van der Waals surface area contributed by atoms with Crippen molar-refractivity contribution in [2.24, 2.45) is 0 Å². The van der Waals surface area contributed by atoms with Gasteiger partial charge in [0.1, 0.15) is 5.82 Å². The van der Waals surface area contributed by atoms with Crippen LogP contribution in [0.1, 0.15) is 5.56 Å². The van der Waals surface area contributed by atoms with Gasteiger partial charge in [-0.05, 0) is 39.7 Å². The van der Waals surface area contributed by atoms with Crippen molar-refractivity contribution in [1.82, 2.24) is 0 Å². The zero-order valence-electron chi connectivity index (χ0n) is 6.80. The van der Waals surface area contributed by atoms with Gasteiger partial charge in [0.15, 0.2) is 0 Å². The summed E-state index contributed by atoms with van der Waals surface area (Å²) in [5.41, 5.74) is 0.598. The van der Waals surface area contributed by atoms with E-state index >= 15 is 0 Å². The monoisotopic (exact) mass is 322 g/mol. The maximum atomic E-state index is 12.9. The number of hydrogen-bond donors (Lipinski definition) is 1. The van der Waals surface area contributed by atoms with E-state index in [4.69, 9.17) is 5.11 Å². The van der Waals surface area contributed by atoms with Crippen molar-refractivity contribution in [3.8, 4) is 0 Å². The molecule has 0 amide bonds. The lowest BCUT2D eigenvalue weighted by atomic mass is 10.2. The lowest BCUT2D eigenvalue weighted by molar-refractivity contribution is -0.131. The van der Waals surface area contributed by atoms with Crippen LogP contribution in [0.2, 0.25) is 0 Å². The molecule has 14 heavy (non-hydrogen) atoms. The Morgan fingerprint density at radius 1 is 1.36 bits per heavy atom. The van der Waals surface area contributed by atoms with E-state index < -0.39 is 11.8 Å². The fraction of sp³-hybridized carbons (Fsp3) is 0. The standard InChI is InChI=1S/C9H5Br2FO2/c10-6-4-8(12)7(11)3-5(6)1-2-9(13)14/h1-4H,(H,13,14)/b2-1+. The fourth-order valence-electron chi connectivity index (χ4n) is 0.827. The van der Waals surface area contributed by atoms with Crippen molar-refractivity contribution in [3.05, 3.63) is 38.5 Å². The lowest BCUT2D eigenvalue weighted by Gasteiger charge is -2.00. The van der Waals surface area contributed by atoms with Crippen LogP contribution in [0.3, 0.4) is 0 Å². The largest absolute Gasteiger partial charge is 0.478 e. The van der Waals surface area contributed by atoms with Gasteiger partial charge in [0.25, 0.3) is 0 Å². The minimum Gasteiger partial charge on any atom is -0.478 e. The molecule has 0 aliphatic heterocycles. The predicted molar refractivity (Wildman–Crippen MR) is 58.5 cm³/mol. The van der Waals surface area contributed by atoms with Crippen molar-refractivity contribution >= 4 is 43.9 Å². The molecule has 74 valence electrons.